The Bertz CT molecular complexity index is 186. The Morgan fingerprint density at radius 2 is 2.15 bits per heavy atom. The summed E-state index contributed by atoms with van der Waals surface area (Å²) < 4.78 is 0. The van der Waals surface area contributed by atoms with Crippen LogP contribution in [0.1, 0.15) is 26.2 Å². The zero-order chi connectivity index (χ0) is 9.52. The first-order chi connectivity index (χ1) is 6.34. The van der Waals surface area contributed by atoms with Gasteiger partial charge in [-0.2, -0.15) is 0 Å². The molecular formula is C11H20N2. The van der Waals surface area contributed by atoms with Crippen LogP contribution in [-0.4, -0.2) is 37.6 Å². The Hall–Kier alpha value is -0.520. The van der Waals surface area contributed by atoms with Crippen LogP contribution in [0.4, 0.5) is 0 Å². The normalized spacial score (nSPS) is 15.6. The van der Waals surface area contributed by atoms with Crippen molar-refractivity contribution in [2.24, 2.45) is 0 Å². The van der Waals surface area contributed by atoms with Crippen molar-refractivity contribution >= 4 is 0 Å². The van der Waals surface area contributed by atoms with Crippen LogP contribution in [-0.2, 0) is 0 Å². The smallest absolute Gasteiger partial charge is 0.0214 e. The van der Waals surface area contributed by atoms with Gasteiger partial charge in [0.1, 0.15) is 0 Å². The Balaban J connectivity index is 1.84. The fourth-order valence-corrected chi connectivity index (χ4v) is 1.35. The monoisotopic (exact) mass is 180 g/mol. The standard InChI is InChI=1S/C11H20N2/c1-3-4-5-8-12-9-10-13(2)11-6-7-11/h11-12H,5-10H2,1-2H3. The fraction of sp³-hybridized carbons (Fsp3) is 0.818. The van der Waals surface area contributed by atoms with Crippen LogP contribution in [0.3, 0.4) is 0 Å². The fourth-order valence-electron chi connectivity index (χ4n) is 1.35. The van der Waals surface area contributed by atoms with Crippen LogP contribution in [0.2, 0.25) is 0 Å². The van der Waals surface area contributed by atoms with Crippen LogP contribution in [0.5, 0.6) is 0 Å². The van der Waals surface area contributed by atoms with E-state index in [1.807, 2.05) is 6.92 Å². The van der Waals surface area contributed by atoms with E-state index in [4.69, 9.17) is 0 Å². The number of nitrogens with one attached hydrogen (secondary N) is 1. The summed E-state index contributed by atoms with van der Waals surface area (Å²) in [6.45, 7) is 5.18. The molecule has 1 fully saturated rings. The highest BCUT2D eigenvalue weighted by atomic mass is 15.2. The van der Waals surface area contributed by atoms with Gasteiger partial charge < -0.3 is 10.2 Å². The first-order valence-corrected chi connectivity index (χ1v) is 5.15. The minimum Gasteiger partial charge on any atom is -0.315 e. The number of nitrogens with zero attached hydrogens (tertiary/aromatic N) is 1. The lowest BCUT2D eigenvalue weighted by Crippen LogP contribution is -2.31. The molecule has 0 aromatic heterocycles. The van der Waals surface area contributed by atoms with Gasteiger partial charge in [0.15, 0.2) is 0 Å². The highest BCUT2D eigenvalue weighted by Crippen LogP contribution is 2.24. The van der Waals surface area contributed by atoms with Gasteiger partial charge in [-0.15, -0.1) is 11.8 Å². The highest BCUT2D eigenvalue weighted by Gasteiger charge is 2.25. The van der Waals surface area contributed by atoms with Crippen molar-refractivity contribution in [1.82, 2.24) is 10.2 Å². The molecule has 2 heteroatoms. The molecule has 0 saturated heterocycles. The maximum Gasteiger partial charge on any atom is 0.0214 e. The van der Waals surface area contributed by atoms with Gasteiger partial charge in [0.2, 0.25) is 0 Å². The van der Waals surface area contributed by atoms with E-state index in [-0.39, 0.29) is 0 Å². The summed E-state index contributed by atoms with van der Waals surface area (Å²) in [7, 11) is 2.21. The molecule has 74 valence electrons. The molecule has 0 heterocycles. The molecule has 0 aromatic carbocycles. The van der Waals surface area contributed by atoms with Gasteiger partial charge in [-0.3, -0.25) is 0 Å². The van der Waals surface area contributed by atoms with Gasteiger partial charge in [-0.05, 0) is 26.8 Å². The molecule has 0 atom stereocenters. The molecule has 1 saturated carbocycles. The summed E-state index contributed by atoms with van der Waals surface area (Å²) in [6.07, 6.45) is 3.78. The summed E-state index contributed by atoms with van der Waals surface area (Å²) in [5.41, 5.74) is 0. The van der Waals surface area contributed by atoms with Crippen molar-refractivity contribution in [3.05, 3.63) is 0 Å². The Labute approximate surface area is 81.7 Å². The van der Waals surface area contributed by atoms with Crippen molar-refractivity contribution in [2.75, 3.05) is 26.7 Å². The summed E-state index contributed by atoms with van der Waals surface area (Å²) >= 11 is 0. The molecule has 1 rings (SSSR count). The van der Waals surface area contributed by atoms with Gasteiger partial charge in [-0.25, -0.2) is 0 Å². The topological polar surface area (TPSA) is 15.3 Å². The van der Waals surface area contributed by atoms with Crippen molar-refractivity contribution in [2.45, 2.75) is 32.2 Å². The van der Waals surface area contributed by atoms with Gasteiger partial charge in [-0.1, -0.05) is 0 Å². The molecule has 0 bridgehead atoms. The molecule has 1 aliphatic rings. The molecule has 2 nitrogen and oxygen atoms in total. The number of likely N-dealkylation sites (N-methyl/N-ethyl adjacent to an activating group) is 1. The summed E-state index contributed by atoms with van der Waals surface area (Å²) in [4.78, 5) is 2.44. The van der Waals surface area contributed by atoms with E-state index >= 15 is 0 Å². The zero-order valence-corrected chi connectivity index (χ0v) is 8.77. The lowest BCUT2D eigenvalue weighted by atomic mass is 10.4. The second kappa shape index (κ2) is 6.01. The van der Waals surface area contributed by atoms with E-state index in [9.17, 15) is 0 Å². The first-order valence-electron chi connectivity index (χ1n) is 5.15. The molecular weight excluding hydrogens is 160 g/mol. The van der Waals surface area contributed by atoms with E-state index in [0.717, 1.165) is 25.6 Å². The minimum atomic E-state index is 0.886. The first kappa shape index (κ1) is 10.6. The molecule has 13 heavy (non-hydrogen) atoms. The predicted molar refractivity (Wildman–Crippen MR) is 56.6 cm³/mol. The van der Waals surface area contributed by atoms with Crippen LogP contribution < -0.4 is 5.32 Å². The summed E-state index contributed by atoms with van der Waals surface area (Å²) in [5.74, 6) is 5.94. The SMILES string of the molecule is CC#CCCNCCN(C)C1CC1. The molecule has 0 spiro atoms. The Kier molecular flexibility index (Phi) is 4.88. The van der Waals surface area contributed by atoms with Crippen molar-refractivity contribution < 1.29 is 0 Å². The largest absolute Gasteiger partial charge is 0.315 e. The van der Waals surface area contributed by atoms with Gasteiger partial charge in [0, 0.05) is 32.1 Å². The third kappa shape index (κ3) is 4.92. The number of hydrogen-bond acceptors (Lipinski definition) is 2. The van der Waals surface area contributed by atoms with E-state index in [1.54, 1.807) is 0 Å². The molecule has 0 aromatic rings. The van der Waals surface area contributed by atoms with Crippen molar-refractivity contribution in [3.8, 4) is 11.8 Å². The maximum absolute atomic E-state index is 3.39. The number of hydrogen-bond donors (Lipinski definition) is 1. The highest BCUT2D eigenvalue weighted by molar-refractivity contribution is 4.95. The number of rotatable bonds is 6. The van der Waals surface area contributed by atoms with Crippen LogP contribution in [0.15, 0.2) is 0 Å². The van der Waals surface area contributed by atoms with Crippen LogP contribution >= 0.6 is 0 Å². The van der Waals surface area contributed by atoms with Gasteiger partial charge in [0.05, 0.1) is 0 Å². The Morgan fingerprint density at radius 1 is 1.38 bits per heavy atom. The molecule has 1 aliphatic carbocycles. The van der Waals surface area contributed by atoms with Gasteiger partial charge in [0.25, 0.3) is 0 Å². The molecule has 0 radical (unpaired) electrons. The average Bonchev–Trinajstić information content (AvgIpc) is 2.93. The van der Waals surface area contributed by atoms with E-state index in [0.29, 0.717) is 0 Å². The predicted octanol–water partition coefficient (Wildman–Crippen LogP) is 1.08. The van der Waals surface area contributed by atoms with E-state index < -0.39 is 0 Å². The lowest BCUT2D eigenvalue weighted by molar-refractivity contribution is 0.322. The van der Waals surface area contributed by atoms with Gasteiger partial charge >= 0.3 is 0 Å². The third-order valence-corrected chi connectivity index (χ3v) is 2.42. The van der Waals surface area contributed by atoms with Crippen molar-refractivity contribution in [3.63, 3.8) is 0 Å². The Morgan fingerprint density at radius 3 is 2.77 bits per heavy atom. The van der Waals surface area contributed by atoms with E-state index in [1.165, 1.54) is 19.4 Å². The van der Waals surface area contributed by atoms with Crippen LogP contribution in [0.25, 0.3) is 0 Å². The average molecular weight is 180 g/mol. The third-order valence-electron chi connectivity index (χ3n) is 2.42. The second-order valence-corrected chi connectivity index (χ2v) is 3.64. The molecule has 0 amide bonds. The second-order valence-electron chi connectivity index (χ2n) is 3.64. The lowest BCUT2D eigenvalue weighted by Gasteiger charge is -2.15. The summed E-state index contributed by atoms with van der Waals surface area (Å²) in [6, 6.07) is 0.886. The quantitative estimate of drug-likeness (QED) is 0.486. The summed E-state index contributed by atoms with van der Waals surface area (Å²) in [5, 5.41) is 3.39. The molecule has 0 aliphatic heterocycles. The van der Waals surface area contributed by atoms with E-state index in [2.05, 4.69) is 29.1 Å². The minimum absolute atomic E-state index is 0.886. The zero-order valence-electron chi connectivity index (χ0n) is 8.77. The van der Waals surface area contributed by atoms with Crippen LogP contribution in [0, 0.1) is 11.8 Å². The molecule has 0 unspecified atom stereocenters. The molecule has 1 N–H and O–H groups in total. The maximum atomic E-state index is 3.39. The van der Waals surface area contributed by atoms with Crippen molar-refractivity contribution in [1.29, 1.82) is 0 Å².